The molecule has 0 saturated heterocycles. The lowest BCUT2D eigenvalue weighted by atomic mass is 10.1. The van der Waals surface area contributed by atoms with E-state index in [0.717, 1.165) is 5.56 Å². The van der Waals surface area contributed by atoms with Crippen molar-refractivity contribution < 1.29 is 9.53 Å². The van der Waals surface area contributed by atoms with Gasteiger partial charge in [0.05, 0.1) is 13.0 Å². The molecule has 0 aromatic heterocycles. The van der Waals surface area contributed by atoms with Gasteiger partial charge in [0.25, 0.3) is 0 Å². The minimum absolute atomic E-state index is 0.0395. The molecule has 0 unspecified atom stereocenters. The highest BCUT2D eigenvalue weighted by Crippen LogP contribution is 2.04. The molecule has 0 aliphatic heterocycles. The van der Waals surface area contributed by atoms with Crippen LogP contribution in [0.1, 0.15) is 25.0 Å². The molecule has 0 atom stereocenters. The van der Waals surface area contributed by atoms with E-state index in [9.17, 15) is 4.79 Å². The molecule has 17 heavy (non-hydrogen) atoms. The lowest BCUT2D eigenvalue weighted by molar-refractivity contribution is -0.120. The van der Waals surface area contributed by atoms with Crippen LogP contribution < -0.4 is 5.32 Å². The molecule has 0 aliphatic rings. The number of amides is 1. The Hall–Kier alpha value is -1.35. The maximum atomic E-state index is 11.4. The second kappa shape index (κ2) is 9.85. The first kappa shape index (κ1) is 15.7. The van der Waals surface area contributed by atoms with E-state index in [1.165, 1.54) is 5.56 Å². The van der Waals surface area contributed by atoms with Crippen LogP contribution in [-0.4, -0.2) is 26.2 Å². The number of carbonyl (C=O) groups excluding carboxylic acids is 1. The average molecular weight is 237 g/mol. The minimum atomic E-state index is 0.0395. The normalized spacial score (nSPS) is 9.18. The number of carbonyl (C=O) groups is 1. The second-order valence-electron chi connectivity index (χ2n) is 3.51. The van der Waals surface area contributed by atoms with E-state index in [1.807, 2.05) is 45.0 Å². The van der Waals surface area contributed by atoms with Crippen molar-refractivity contribution >= 4 is 5.91 Å². The van der Waals surface area contributed by atoms with Gasteiger partial charge in [0.2, 0.25) is 5.91 Å². The molecule has 0 heterocycles. The number of hydrogen-bond acceptors (Lipinski definition) is 2. The Morgan fingerprint density at radius 3 is 2.65 bits per heavy atom. The molecule has 1 aromatic carbocycles. The molecule has 3 nitrogen and oxygen atoms in total. The number of aryl methyl sites for hydroxylation is 1. The van der Waals surface area contributed by atoms with Crippen LogP contribution in [-0.2, 0) is 16.0 Å². The number of methoxy groups -OCH3 is 1. The summed E-state index contributed by atoms with van der Waals surface area (Å²) in [6, 6.07) is 7.97. The van der Waals surface area contributed by atoms with E-state index in [4.69, 9.17) is 4.74 Å². The van der Waals surface area contributed by atoms with Crippen molar-refractivity contribution in [3.05, 3.63) is 35.4 Å². The molecule has 1 aromatic rings. The van der Waals surface area contributed by atoms with Gasteiger partial charge in [-0.2, -0.15) is 0 Å². The molecular weight excluding hydrogens is 214 g/mol. The topological polar surface area (TPSA) is 38.3 Å². The summed E-state index contributed by atoms with van der Waals surface area (Å²) in [5, 5.41) is 2.79. The van der Waals surface area contributed by atoms with Gasteiger partial charge in [0, 0.05) is 13.7 Å². The molecule has 0 saturated carbocycles. The fourth-order valence-corrected chi connectivity index (χ4v) is 1.36. The number of rotatable bonds is 5. The molecule has 1 amide bonds. The summed E-state index contributed by atoms with van der Waals surface area (Å²) in [7, 11) is 1.62. The monoisotopic (exact) mass is 237 g/mol. The summed E-state index contributed by atoms with van der Waals surface area (Å²) in [5.41, 5.74) is 2.22. The van der Waals surface area contributed by atoms with Crippen molar-refractivity contribution in [1.82, 2.24) is 5.32 Å². The van der Waals surface area contributed by atoms with Crippen LogP contribution in [0.5, 0.6) is 0 Å². The van der Waals surface area contributed by atoms with E-state index < -0.39 is 0 Å². The summed E-state index contributed by atoms with van der Waals surface area (Å²) < 4.78 is 4.85. The smallest absolute Gasteiger partial charge is 0.224 e. The van der Waals surface area contributed by atoms with Gasteiger partial charge in [-0.15, -0.1) is 0 Å². The van der Waals surface area contributed by atoms with Crippen LogP contribution >= 0.6 is 0 Å². The van der Waals surface area contributed by atoms with Crippen molar-refractivity contribution in [2.45, 2.75) is 27.2 Å². The first-order valence-electron chi connectivity index (χ1n) is 6.03. The fourth-order valence-electron chi connectivity index (χ4n) is 1.36. The zero-order chi connectivity index (χ0) is 13.1. The third-order valence-corrected chi connectivity index (χ3v) is 2.08. The summed E-state index contributed by atoms with van der Waals surface area (Å²) in [5.74, 6) is 0.0395. The third kappa shape index (κ3) is 7.53. The number of benzene rings is 1. The van der Waals surface area contributed by atoms with Crippen molar-refractivity contribution in [2.24, 2.45) is 0 Å². The van der Waals surface area contributed by atoms with Crippen molar-refractivity contribution in [1.29, 1.82) is 0 Å². The summed E-state index contributed by atoms with van der Waals surface area (Å²) >= 11 is 0. The molecule has 0 radical (unpaired) electrons. The molecule has 0 bridgehead atoms. The average Bonchev–Trinajstić information content (AvgIpc) is 2.32. The Balaban J connectivity index is 0.00000121. The van der Waals surface area contributed by atoms with E-state index in [2.05, 4.69) is 5.32 Å². The molecule has 0 fully saturated rings. The van der Waals surface area contributed by atoms with Gasteiger partial charge in [0.15, 0.2) is 0 Å². The van der Waals surface area contributed by atoms with Gasteiger partial charge < -0.3 is 10.1 Å². The number of hydrogen-bond donors (Lipinski definition) is 1. The van der Waals surface area contributed by atoms with Gasteiger partial charge in [-0.1, -0.05) is 43.7 Å². The van der Waals surface area contributed by atoms with E-state index in [0.29, 0.717) is 19.6 Å². The second-order valence-corrected chi connectivity index (χ2v) is 3.51. The minimum Gasteiger partial charge on any atom is -0.383 e. The van der Waals surface area contributed by atoms with Crippen molar-refractivity contribution in [3.8, 4) is 0 Å². The third-order valence-electron chi connectivity index (χ3n) is 2.08. The molecule has 0 spiro atoms. The quantitative estimate of drug-likeness (QED) is 0.798. The van der Waals surface area contributed by atoms with Crippen molar-refractivity contribution in [3.63, 3.8) is 0 Å². The predicted octanol–water partition coefficient (Wildman–Crippen LogP) is 2.33. The van der Waals surface area contributed by atoms with Crippen molar-refractivity contribution in [2.75, 3.05) is 20.3 Å². The maximum absolute atomic E-state index is 11.4. The van der Waals surface area contributed by atoms with Gasteiger partial charge in [-0.05, 0) is 12.5 Å². The van der Waals surface area contributed by atoms with Crippen LogP contribution in [0, 0.1) is 6.92 Å². The Morgan fingerprint density at radius 2 is 2.06 bits per heavy atom. The van der Waals surface area contributed by atoms with Gasteiger partial charge >= 0.3 is 0 Å². The van der Waals surface area contributed by atoms with Crippen LogP contribution in [0.15, 0.2) is 24.3 Å². The Bertz CT molecular complexity index is 324. The first-order valence-corrected chi connectivity index (χ1v) is 6.03. The molecular formula is C14H23NO2. The molecule has 1 N–H and O–H groups in total. The van der Waals surface area contributed by atoms with Gasteiger partial charge in [-0.3, -0.25) is 4.79 Å². The summed E-state index contributed by atoms with van der Waals surface area (Å²) in [6.07, 6.45) is 0.436. The van der Waals surface area contributed by atoms with Crippen LogP contribution in [0.3, 0.4) is 0 Å². The molecule has 96 valence electrons. The largest absolute Gasteiger partial charge is 0.383 e. The zero-order valence-electron chi connectivity index (χ0n) is 11.2. The zero-order valence-corrected chi connectivity index (χ0v) is 11.2. The molecule has 3 heteroatoms. The van der Waals surface area contributed by atoms with Gasteiger partial charge in [-0.25, -0.2) is 0 Å². The van der Waals surface area contributed by atoms with Crippen LogP contribution in [0.2, 0.25) is 0 Å². The van der Waals surface area contributed by atoms with Gasteiger partial charge in [0.1, 0.15) is 0 Å². The lowest BCUT2D eigenvalue weighted by Crippen LogP contribution is -2.28. The van der Waals surface area contributed by atoms with Crippen LogP contribution in [0.4, 0.5) is 0 Å². The Labute approximate surface area is 104 Å². The summed E-state index contributed by atoms with van der Waals surface area (Å²) in [6.45, 7) is 7.15. The highest BCUT2D eigenvalue weighted by atomic mass is 16.5. The Kier molecular flexibility index (Phi) is 9.06. The van der Waals surface area contributed by atoms with Crippen LogP contribution in [0.25, 0.3) is 0 Å². The first-order chi connectivity index (χ1) is 8.22. The van der Waals surface area contributed by atoms with E-state index >= 15 is 0 Å². The highest BCUT2D eigenvalue weighted by Gasteiger charge is 2.02. The fraction of sp³-hybridized carbons (Fsp3) is 0.500. The predicted molar refractivity (Wildman–Crippen MR) is 71.1 cm³/mol. The molecule has 1 rings (SSSR count). The SMILES string of the molecule is CC.COCCNC(=O)Cc1cccc(C)c1. The maximum Gasteiger partial charge on any atom is 0.224 e. The molecule has 0 aliphatic carbocycles. The summed E-state index contributed by atoms with van der Waals surface area (Å²) in [4.78, 5) is 11.4. The van der Waals surface area contributed by atoms with E-state index in [1.54, 1.807) is 7.11 Å². The van der Waals surface area contributed by atoms with E-state index in [-0.39, 0.29) is 5.91 Å². The number of ether oxygens (including phenoxy) is 1. The highest BCUT2D eigenvalue weighted by molar-refractivity contribution is 5.78. The standard InChI is InChI=1S/C12H17NO2.C2H6/c1-10-4-3-5-11(8-10)9-12(14)13-6-7-15-2;1-2/h3-5,8H,6-7,9H2,1-2H3,(H,13,14);1-2H3. The Morgan fingerprint density at radius 1 is 1.35 bits per heavy atom. The lowest BCUT2D eigenvalue weighted by Gasteiger charge is -2.04. The number of nitrogens with one attached hydrogen (secondary N) is 1.